The molecule has 0 unspecified atom stereocenters. The summed E-state index contributed by atoms with van der Waals surface area (Å²) in [5.41, 5.74) is 5.39. The van der Waals surface area contributed by atoms with Gasteiger partial charge in [-0.1, -0.05) is 90.7 Å². The first-order chi connectivity index (χ1) is 16.2. The van der Waals surface area contributed by atoms with Crippen molar-refractivity contribution in [1.82, 2.24) is 5.32 Å². The van der Waals surface area contributed by atoms with Crippen LogP contribution in [0, 0.1) is 11.8 Å². The van der Waals surface area contributed by atoms with E-state index in [1.807, 2.05) is 54.6 Å². The Morgan fingerprint density at radius 3 is 2.30 bits per heavy atom. The SMILES string of the molecule is O=C(NCCC#Cc1c(O)ccc2ccccc12)OCC1c2ccccc2-c2ccccc21. The molecule has 4 heteroatoms. The molecule has 4 aromatic carbocycles. The first kappa shape index (κ1) is 20.7. The summed E-state index contributed by atoms with van der Waals surface area (Å²) < 4.78 is 5.54. The summed E-state index contributed by atoms with van der Waals surface area (Å²) in [6.45, 7) is 0.657. The van der Waals surface area contributed by atoms with Gasteiger partial charge < -0.3 is 15.2 Å². The van der Waals surface area contributed by atoms with Crippen LogP contribution >= 0.6 is 0 Å². The quantitative estimate of drug-likeness (QED) is 0.315. The summed E-state index contributed by atoms with van der Waals surface area (Å²) in [5, 5.41) is 14.9. The lowest BCUT2D eigenvalue weighted by Crippen LogP contribution is -2.26. The molecule has 0 aromatic heterocycles. The first-order valence-corrected chi connectivity index (χ1v) is 11.0. The zero-order valence-corrected chi connectivity index (χ0v) is 18.0. The van der Waals surface area contributed by atoms with Gasteiger partial charge in [0.15, 0.2) is 0 Å². The zero-order valence-electron chi connectivity index (χ0n) is 18.0. The topological polar surface area (TPSA) is 58.6 Å². The normalized spacial score (nSPS) is 11.9. The number of carbonyl (C=O) groups is 1. The minimum atomic E-state index is -0.452. The maximum Gasteiger partial charge on any atom is 0.407 e. The van der Waals surface area contributed by atoms with E-state index >= 15 is 0 Å². The molecule has 0 saturated heterocycles. The second-order valence-electron chi connectivity index (χ2n) is 7.98. The molecule has 0 atom stereocenters. The van der Waals surface area contributed by atoms with Gasteiger partial charge in [-0.05, 0) is 33.7 Å². The van der Waals surface area contributed by atoms with Crippen molar-refractivity contribution in [3.8, 4) is 28.7 Å². The Labute approximate surface area is 192 Å². The van der Waals surface area contributed by atoms with E-state index in [-0.39, 0.29) is 18.3 Å². The summed E-state index contributed by atoms with van der Waals surface area (Å²) in [6.07, 6.45) is -0.000910. The highest BCUT2D eigenvalue weighted by Gasteiger charge is 2.28. The molecule has 1 amide bonds. The van der Waals surface area contributed by atoms with Gasteiger partial charge in [0.25, 0.3) is 0 Å². The van der Waals surface area contributed by atoms with Crippen molar-refractivity contribution >= 4 is 16.9 Å². The molecule has 1 aliphatic carbocycles. The van der Waals surface area contributed by atoms with Crippen LogP contribution in [0.15, 0.2) is 84.9 Å². The Balaban J connectivity index is 1.17. The van der Waals surface area contributed by atoms with E-state index in [1.165, 1.54) is 22.3 Å². The Bertz CT molecular complexity index is 1350. The number of phenolic OH excluding ortho intramolecular Hbond substituents is 1. The maximum atomic E-state index is 12.3. The molecule has 0 radical (unpaired) electrons. The van der Waals surface area contributed by atoms with Crippen molar-refractivity contribution < 1.29 is 14.6 Å². The van der Waals surface area contributed by atoms with E-state index in [9.17, 15) is 9.90 Å². The lowest BCUT2D eigenvalue weighted by molar-refractivity contribution is 0.143. The molecular weight excluding hydrogens is 410 g/mol. The summed E-state index contributed by atoms with van der Waals surface area (Å²) in [7, 11) is 0. The summed E-state index contributed by atoms with van der Waals surface area (Å²) in [6, 6.07) is 27.8. The number of nitrogens with one attached hydrogen (secondary N) is 1. The number of hydrogen-bond acceptors (Lipinski definition) is 3. The van der Waals surface area contributed by atoms with Crippen molar-refractivity contribution in [1.29, 1.82) is 0 Å². The Morgan fingerprint density at radius 2 is 1.55 bits per heavy atom. The van der Waals surface area contributed by atoms with E-state index in [1.54, 1.807) is 6.07 Å². The highest BCUT2D eigenvalue weighted by atomic mass is 16.5. The van der Waals surface area contributed by atoms with Gasteiger partial charge in [0.2, 0.25) is 0 Å². The van der Waals surface area contributed by atoms with Gasteiger partial charge in [0, 0.05) is 24.3 Å². The van der Waals surface area contributed by atoms with E-state index in [4.69, 9.17) is 4.74 Å². The molecule has 0 heterocycles. The van der Waals surface area contributed by atoms with Crippen LogP contribution in [-0.2, 0) is 4.74 Å². The second-order valence-corrected chi connectivity index (χ2v) is 7.98. The largest absolute Gasteiger partial charge is 0.507 e. The van der Waals surface area contributed by atoms with Crippen molar-refractivity contribution in [3.63, 3.8) is 0 Å². The van der Waals surface area contributed by atoms with Crippen LogP contribution in [0.1, 0.15) is 29.0 Å². The number of aromatic hydroxyl groups is 1. The maximum absolute atomic E-state index is 12.3. The lowest BCUT2D eigenvalue weighted by Gasteiger charge is -2.14. The third-order valence-electron chi connectivity index (χ3n) is 5.98. The van der Waals surface area contributed by atoms with Gasteiger partial charge >= 0.3 is 6.09 Å². The second kappa shape index (κ2) is 9.10. The number of alkyl carbamates (subject to hydrolysis) is 1. The number of ether oxygens (including phenoxy) is 1. The highest BCUT2D eigenvalue weighted by molar-refractivity contribution is 5.90. The number of amides is 1. The number of hydrogen-bond donors (Lipinski definition) is 2. The molecule has 2 N–H and O–H groups in total. The van der Waals surface area contributed by atoms with Crippen molar-refractivity contribution in [2.24, 2.45) is 0 Å². The molecular formula is C29H23NO3. The molecule has 0 aliphatic heterocycles. The summed E-state index contributed by atoms with van der Waals surface area (Å²) in [5.74, 6) is 6.27. The number of carbonyl (C=O) groups excluding carboxylic acids is 1. The molecule has 162 valence electrons. The number of rotatable bonds is 4. The van der Waals surface area contributed by atoms with Crippen LogP contribution in [0.3, 0.4) is 0 Å². The third-order valence-corrected chi connectivity index (χ3v) is 5.98. The van der Waals surface area contributed by atoms with Gasteiger partial charge in [0.1, 0.15) is 12.4 Å². The number of phenols is 1. The van der Waals surface area contributed by atoms with Crippen molar-refractivity contribution in [2.75, 3.05) is 13.2 Å². The van der Waals surface area contributed by atoms with Crippen molar-refractivity contribution in [2.45, 2.75) is 12.3 Å². The zero-order chi connectivity index (χ0) is 22.6. The Hall–Kier alpha value is -4.23. The van der Waals surface area contributed by atoms with Crippen LogP contribution in [0.5, 0.6) is 5.75 Å². The average Bonchev–Trinajstić information content (AvgIpc) is 3.17. The first-order valence-electron chi connectivity index (χ1n) is 11.0. The standard InChI is InChI=1S/C29H23NO3/c31-28-17-16-20-9-1-2-10-21(20)26(28)15-7-8-18-30-29(32)33-19-27-24-13-5-3-11-22(24)23-12-4-6-14-25(23)27/h1-6,9-14,16-17,27,31H,8,18-19H2,(H,30,32). The van der Waals surface area contributed by atoms with Gasteiger partial charge in [-0.3, -0.25) is 0 Å². The average molecular weight is 434 g/mol. The molecule has 0 spiro atoms. The summed E-state index contributed by atoms with van der Waals surface area (Å²) in [4.78, 5) is 12.3. The predicted molar refractivity (Wildman–Crippen MR) is 130 cm³/mol. The molecule has 0 fully saturated rings. The van der Waals surface area contributed by atoms with Gasteiger partial charge in [-0.2, -0.15) is 0 Å². The number of benzene rings is 4. The van der Waals surface area contributed by atoms with E-state index in [0.29, 0.717) is 18.5 Å². The third kappa shape index (κ3) is 4.14. The lowest BCUT2D eigenvalue weighted by atomic mass is 9.98. The summed E-state index contributed by atoms with van der Waals surface area (Å²) >= 11 is 0. The van der Waals surface area contributed by atoms with Gasteiger partial charge in [-0.25, -0.2) is 4.79 Å². The molecule has 5 rings (SSSR count). The van der Waals surface area contributed by atoms with E-state index in [2.05, 4.69) is 41.4 Å². The van der Waals surface area contributed by atoms with E-state index in [0.717, 1.165) is 10.8 Å². The fraction of sp³-hybridized carbons (Fsp3) is 0.138. The van der Waals surface area contributed by atoms with Crippen LogP contribution < -0.4 is 5.32 Å². The smallest absolute Gasteiger partial charge is 0.407 e. The number of fused-ring (bicyclic) bond motifs is 4. The van der Waals surface area contributed by atoms with Crippen LogP contribution in [0.4, 0.5) is 4.79 Å². The fourth-order valence-corrected chi connectivity index (χ4v) is 4.42. The molecule has 4 nitrogen and oxygen atoms in total. The highest BCUT2D eigenvalue weighted by Crippen LogP contribution is 2.44. The molecule has 33 heavy (non-hydrogen) atoms. The van der Waals surface area contributed by atoms with Crippen LogP contribution in [0.25, 0.3) is 21.9 Å². The molecule has 4 aromatic rings. The van der Waals surface area contributed by atoms with Gasteiger partial charge in [-0.15, -0.1) is 0 Å². The Morgan fingerprint density at radius 1 is 0.879 bits per heavy atom. The Kier molecular flexibility index (Phi) is 5.70. The van der Waals surface area contributed by atoms with Crippen molar-refractivity contribution in [3.05, 3.63) is 102 Å². The molecule has 0 bridgehead atoms. The van der Waals surface area contributed by atoms with Crippen LogP contribution in [0.2, 0.25) is 0 Å². The molecule has 1 aliphatic rings. The monoisotopic (exact) mass is 433 g/mol. The fourth-order valence-electron chi connectivity index (χ4n) is 4.42. The van der Waals surface area contributed by atoms with Crippen LogP contribution in [-0.4, -0.2) is 24.4 Å². The van der Waals surface area contributed by atoms with E-state index < -0.39 is 6.09 Å². The minimum absolute atomic E-state index is 0.0391. The molecule has 0 saturated carbocycles. The minimum Gasteiger partial charge on any atom is -0.507 e. The van der Waals surface area contributed by atoms with Gasteiger partial charge in [0.05, 0.1) is 5.56 Å². The predicted octanol–water partition coefficient (Wildman–Crippen LogP) is 5.83.